The Morgan fingerprint density at radius 2 is 1.82 bits per heavy atom. The average molecular weight is 763 g/mol. The molecule has 0 aliphatic rings. The largest absolute Gasteiger partial charge is 0.496 e. The predicted octanol–water partition coefficient (Wildman–Crippen LogP) is 8.45. The molecule has 0 spiro atoms. The number of methoxy groups -OCH3 is 1. The summed E-state index contributed by atoms with van der Waals surface area (Å²) < 4.78 is 51.6. The SMILES string of the molecule is COc1cc2ncnc(Nc3ccc(OCc4cccc(F)c4)c(Br)c3)c2cc1-c1csc(C(C)N(C)CCS(=O)(=O)c2ccccc2)n1. The van der Waals surface area contributed by atoms with Crippen LogP contribution in [0.5, 0.6) is 11.5 Å². The third-order valence-corrected chi connectivity index (χ3v) is 11.4. The summed E-state index contributed by atoms with van der Waals surface area (Å²) in [5.74, 6) is 1.53. The molecule has 1 unspecified atom stereocenters. The lowest BCUT2D eigenvalue weighted by Crippen LogP contribution is -2.28. The van der Waals surface area contributed by atoms with Crippen LogP contribution in [-0.2, 0) is 16.4 Å². The van der Waals surface area contributed by atoms with Crippen molar-refractivity contribution in [2.75, 3.05) is 31.8 Å². The zero-order valence-electron chi connectivity index (χ0n) is 26.9. The molecule has 49 heavy (non-hydrogen) atoms. The molecule has 1 atom stereocenters. The number of sulfone groups is 1. The Bertz CT molecular complexity index is 2200. The topological polar surface area (TPSA) is 107 Å². The summed E-state index contributed by atoms with van der Waals surface area (Å²) in [5, 5.41) is 6.98. The summed E-state index contributed by atoms with van der Waals surface area (Å²) in [6, 6.07) is 24.1. The van der Waals surface area contributed by atoms with E-state index in [4.69, 9.17) is 14.5 Å². The summed E-state index contributed by atoms with van der Waals surface area (Å²) in [5.41, 5.74) is 3.70. The van der Waals surface area contributed by atoms with Crippen LogP contribution in [0.25, 0.3) is 22.2 Å². The van der Waals surface area contributed by atoms with Gasteiger partial charge in [-0.3, -0.25) is 4.90 Å². The Hall–Kier alpha value is -4.43. The van der Waals surface area contributed by atoms with E-state index in [0.717, 1.165) is 37.4 Å². The van der Waals surface area contributed by atoms with Crippen LogP contribution in [0.2, 0.25) is 0 Å². The lowest BCUT2D eigenvalue weighted by Gasteiger charge is -2.22. The van der Waals surface area contributed by atoms with E-state index in [1.807, 2.05) is 60.6 Å². The average Bonchev–Trinajstić information content (AvgIpc) is 3.60. The second-order valence-corrected chi connectivity index (χ2v) is 15.2. The first kappa shape index (κ1) is 34.4. The summed E-state index contributed by atoms with van der Waals surface area (Å²) in [6.07, 6.45) is 1.49. The van der Waals surface area contributed by atoms with Crippen LogP contribution in [0, 0.1) is 5.82 Å². The van der Waals surface area contributed by atoms with Gasteiger partial charge in [-0.1, -0.05) is 30.3 Å². The highest BCUT2D eigenvalue weighted by Gasteiger charge is 2.22. The molecule has 13 heteroatoms. The number of aromatic nitrogens is 3. The van der Waals surface area contributed by atoms with E-state index < -0.39 is 9.84 Å². The number of anilines is 2. The molecule has 0 fully saturated rings. The van der Waals surface area contributed by atoms with E-state index in [1.54, 1.807) is 43.5 Å². The quantitative estimate of drug-likeness (QED) is 0.124. The molecule has 0 saturated heterocycles. The van der Waals surface area contributed by atoms with Crippen molar-refractivity contribution in [3.05, 3.63) is 117 Å². The number of thiazole rings is 1. The minimum Gasteiger partial charge on any atom is -0.496 e. The molecule has 4 aromatic carbocycles. The van der Waals surface area contributed by atoms with Gasteiger partial charge < -0.3 is 14.8 Å². The third-order valence-electron chi connectivity index (χ3n) is 8.07. The molecule has 6 rings (SSSR count). The molecule has 6 aromatic rings. The summed E-state index contributed by atoms with van der Waals surface area (Å²) in [4.78, 5) is 16.3. The molecule has 0 amide bonds. The van der Waals surface area contributed by atoms with E-state index in [1.165, 1.54) is 29.8 Å². The molecular weight excluding hydrogens is 729 g/mol. The summed E-state index contributed by atoms with van der Waals surface area (Å²) in [6.45, 7) is 2.60. The number of rotatable bonds is 13. The maximum Gasteiger partial charge on any atom is 0.179 e. The molecule has 2 heterocycles. The van der Waals surface area contributed by atoms with Gasteiger partial charge in [0.25, 0.3) is 0 Å². The van der Waals surface area contributed by atoms with Gasteiger partial charge in [0.15, 0.2) is 9.84 Å². The van der Waals surface area contributed by atoms with E-state index in [-0.39, 0.29) is 24.2 Å². The number of hydrogen-bond acceptors (Lipinski definition) is 10. The first-order valence-electron chi connectivity index (χ1n) is 15.3. The van der Waals surface area contributed by atoms with Gasteiger partial charge in [0.2, 0.25) is 0 Å². The smallest absolute Gasteiger partial charge is 0.179 e. The van der Waals surface area contributed by atoms with Gasteiger partial charge in [0, 0.05) is 34.6 Å². The summed E-state index contributed by atoms with van der Waals surface area (Å²) in [7, 11) is 0.113. The third kappa shape index (κ3) is 8.07. The van der Waals surface area contributed by atoms with Crippen LogP contribution in [0.1, 0.15) is 23.5 Å². The molecule has 0 bridgehead atoms. The Kier molecular flexibility index (Phi) is 10.5. The standard InChI is InChI=1S/C36H33BrFN5O4S2/c1-23(43(2)14-15-49(44,45)27-10-5-4-6-11-27)36-42-32(21-48-36)28-18-29-31(19-34(28)46-3)39-22-40-35(29)41-26-12-13-33(30(37)17-26)47-20-24-8-7-9-25(38)16-24/h4-13,16-19,21-23H,14-15,20H2,1-3H3,(H,39,40,41). The fraction of sp³-hybridized carbons (Fsp3) is 0.194. The Morgan fingerprint density at radius 3 is 2.57 bits per heavy atom. The number of benzene rings is 4. The highest BCUT2D eigenvalue weighted by atomic mass is 79.9. The first-order valence-corrected chi connectivity index (χ1v) is 18.6. The Morgan fingerprint density at radius 1 is 1.00 bits per heavy atom. The predicted molar refractivity (Wildman–Crippen MR) is 195 cm³/mol. The number of fused-ring (bicyclic) bond motifs is 1. The van der Waals surface area contributed by atoms with Crippen LogP contribution in [0.4, 0.5) is 15.9 Å². The monoisotopic (exact) mass is 761 g/mol. The Labute approximate surface area is 296 Å². The second-order valence-electron chi connectivity index (χ2n) is 11.3. The van der Waals surface area contributed by atoms with Crippen LogP contribution < -0.4 is 14.8 Å². The zero-order valence-corrected chi connectivity index (χ0v) is 30.1. The molecule has 1 N–H and O–H groups in total. The van der Waals surface area contributed by atoms with Crippen molar-refractivity contribution in [3.63, 3.8) is 0 Å². The molecule has 9 nitrogen and oxygen atoms in total. The van der Waals surface area contributed by atoms with E-state index in [9.17, 15) is 12.8 Å². The van der Waals surface area contributed by atoms with Crippen molar-refractivity contribution in [1.29, 1.82) is 0 Å². The normalized spacial score (nSPS) is 12.3. The fourth-order valence-electron chi connectivity index (χ4n) is 5.17. The number of nitrogens with one attached hydrogen (secondary N) is 1. The van der Waals surface area contributed by atoms with Gasteiger partial charge in [-0.25, -0.2) is 27.8 Å². The van der Waals surface area contributed by atoms with Crippen molar-refractivity contribution in [1.82, 2.24) is 19.9 Å². The number of ether oxygens (including phenoxy) is 2. The van der Waals surface area contributed by atoms with E-state index >= 15 is 0 Å². The lowest BCUT2D eigenvalue weighted by atomic mass is 10.1. The van der Waals surface area contributed by atoms with Crippen LogP contribution in [0.3, 0.4) is 0 Å². The van der Waals surface area contributed by atoms with E-state index in [0.29, 0.717) is 34.3 Å². The van der Waals surface area contributed by atoms with Crippen molar-refractivity contribution in [2.45, 2.75) is 24.5 Å². The van der Waals surface area contributed by atoms with Crippen molar-refractivity contribution >= 4 is 59.5 Å². The molecule has 0 aliphatic carbocycles. The van der Waals surface area contributed by atoms with Gasteiger partial charge in [-0.15, -0.1) is 11.3 Å². The number of halogens is 2. The van der Waals surface area contributed by atoms with E-state index in [2.05, 4.69) is 31.2 Å². The van der Waals surface area contributed by atoms with Gasteiger partial charge >= 0.3 is 0 Å². The maximum atomic E-state index is 13.6. The molecular formula is C36H33BrFN5O4S2. The Balaban J connectivity index is 1.20. The van der Waals surface area contributed by atoms with Gasteiger partial charge in [-0.05, 0) is 84.0 Å². The molecule has 0 aliphatic heterocycles. The molecule has 0 radical (unpaired) electrons. The molecule has 0 saturated carbocycles. The second kappa shape index (κ2) is 15.0. The van der Waals surface area contributed by atoms with Crippen LogP contribution >= 0.6 is 27.3 Å². The molecule has 252 valence electrons. The van der Waals surface area contributed by atoms with Crippen molar-refractivity contribution in [3.8, 4) is 22.8 Å². The lowest BCUT2D eigenvalue weighted by molar-refractivity contribution is 0.276. The highest BCUT2D eigenvalue weighted by molar-refractivity contribution is 9.10. The number of nitrogens with zero attached hydrogens (tertiary/aromatic N) is 4. The number of hydrogen-bond donors (Lipinski definition) is 1. The highest BCUT2D eigenvalue weighted by Crippen LogP contribution is 2.38. The fourth-order valence-corrected chi connectivity index (χ4v) is 7.94. The van der Waals surface area contributed by atoms with Crippen LogP contribution in [0.15, 0.2) is 106 Å². The van der Waals surface area contributed by atoms with Crippen molar-refractivity contribution < 1.29 is 22.3 Å². The zero-order chi connectivity index (χ0) is 34.5. The molecule has 2 aromatic heterocycles. The minimum absolute atomic E-state index is 0.00555. The van der Waals surface area contributed by atoms with Gasteiger partial charge in [0.1, 0.15) is 41.1 Å². The first-order chi connectivity index (χ1) is 23.6. The van der Waals surface area contributed by atoms with Gasteiger partial charge in [-0.2, -0.15) is 0 Å². The maximum absolute atomic E-state index is 13.6. The van der Waals surface area contributed by atoms with Gasteiger partial charge in [0.05, 0.1) is 39.5 Å². The van der Waals surface area contributed by atoms with Crippen molar-refractivity contribution in [2.24, 2.45) is 0 Å². The summed E-state index contributed by atoms with van der Waals surface area (Å²) >= 11 is 5.09. The minimum atomic E-state index is -3.40. The van der Waals surface area contributed by atoms with Crippen LogP contribution in [-0.4, -0.2) is 54.7 Å².